The Morgan fingerprint density at radius 3 is 2.67 bits per heavy atom. The van der Waals surface area contributed by atoms with Gasteiger partial charge in [0, 0.05) is 6.07 Å². The van der Waals surface area contributed by atoms with Crippen LogP contribution < -0.4 is 10.2 Å². The van der Waals surface area contributed by atoms with Crippen LogP contribution in [-0.4, -0.2) is 14.2 Å². The molecule has 1 aromatic rings. The van der Waals surface area contributed by atoms with E-state index >= 15 is 0 Å². The number of ether oxygens (including phenoxy) is 1. The van der Waals surface area contributed by atoms with Crippen LogP contribution >= 0.6 is 0 Å². The highest BCUT2D eigenvalue weighted by Crippen LogP contribution is 2.24. The van der Waals surface area contributed by atoms with Gasteiger partial charge in [-0.05, 0) is 12.1 Å². The summed E-state index contributed by atoms with van der Waals surface area (Å²) in [5.41, 5.74) is 2.98. The van der Waals surface area contributed by atoms with E-state index in [9.17, 15) is 4.39 Å². The van der Waals surface area contributed by atoms with E-state index in [0.717, 1.165) is 0 Å². The molecule has 0 fully saturated rings. The van der Waals surface area contributed by atoms with Gasteiger partial charge in [0.05, 0.1) is 14.2 Å². The lowest BCUT2D eigenvalue weighted by Gasteiger charge is -2.08. The number of methoxy groups -OCH3 is 1. The van der Waals surface area contributed by atoms with E-state index in [1.165, 1.54) is 32.4 Å². The molecule has 0 aliphatic carbocycles. The fourth-order valence-corrected chi connectivity index (χ4v) is 0.870. The van der Waals surface area contributed by atoms with Crippen molar-refractivity contribution in [1.82, 2.24) is 0 Å². The molecule has 0 aliphatic rings. The van der Waals surface area contributed by atoms with Crippen molar-refractivity contribution in [2.75, 3.05) is 19.7 Å². The first-order valence-corrected chi connectivity index (χ1v) is 3.40. The molecule has 0 heterocycles. The van der Waals surface area contributed by atoms with Gasteiger partial charge in [-0.1, -0.05) is 0 Å². The third kappa shape index (κ3) is 1.85. The molecule has 0 spiro atoms. The molecule has 0 saturated carbocycles. The molecule has 0 bridgehead atoms. The third-order valence-corrected chi connectivity index (χ3v) is 1.37. The summed E-state index contributed by atoms with van der Waals surface area (Å²) in [7, 11) is 2.96. The van der Waals surface area contributed by atoms with Gasteiger partial charge in [-0.2, -0.15) is 0 Å². The molecular formula is C8H10FNO2. The Bertz CT molecular complexity index is 265. The molecule has 0 unspecified atom stereocenters. The average molecular weight is 171 g/mol. The summed E-state index contributed by atoms with van der Waals surface area (Å²) in [6, 6.07) is 4.14. The second-order valence-electron chi connectivity index (χ2n) is 2.15. The van der Waals surface area contributed by atoms with Crippen LogP contribution in [0.15, 0.2) is 18.2 Å². The minimum Gasteiger partial charge on any atom is -0.495 e. The van der Waals surface area contributed by atoms with Gasteiger partial charge in [-0.15, -0.1) is 0 Å². The fraction of sp³-hybridized carbons (Fsp3) is 0.250. The predicted octanol–water partition coefficient (Wildman–Crippen LogP) is 1.81. The molecule has 12 heavy (non-hydrogen) atoms. The molecular weight excluding hydrogens is 161 g/mol. The Labute approximate surface area is 70.1 Å². The lowest BCUT2D eigenvalue weighted by molar-refractivity contribution is 0.268. The number of hydrogen-bond donors (Lipinski definition) is 1. The van der Waals surface area contributed by atoms with Gasteiger partial charge in [0.2, 0.25) is 0 Å². The predicted molar refractivity (Wildman–Crippen MR) is 43.6 cm³/mol. The van der Waals surface area contributed by atoms with Crippen LogP contribution in [0.3, 0.4) is 0 Å². The Morgan fingerprint density at radius 1 is 1.33 bits per heavy atom. The summed E-state index contributed by atoms with van der Waals surface area (Å²) in [6.07, 6.45) is 0. The van der Waals surface area contributed by atoms with Crippen molar-refractivity contribution in [1.29, 1.82) is 0 Å². The quantitative estimate of drug-likeness (QED) is 0.703. The Hall–Kier alpha value is -1.29. The largest absolute Gasteiger partial charge is 0.495 e. The SMILES string of the molecule is CONc1cc(F)ccc1OC. The highest BCUT2D eigenvalue weighted by molar-refractivity contribution is 5.54. The summed E-state index contributed by atoms with van der Waals surface area (Å²) in [5, 5.41) is 0. The van der Waals surface area contributed by atoms with E-state index in [1.807, 2.05) is 0 Å². The molecule has 4 heteroatoms. The molecule has 1 N–H and O–H groups in total. The fourth-order valence-electron chi connectivity index (χ4n) is 0.870. The molecule has 1 rings (SSSR count). The van der Waals surface area contributed by atoms with E-state index in [0.29, 0.717) is 11.4 Å². The minimum atomic E-state index is -0.338. The van der Waals surface area contributed by atoms with Crippen molar-refractivity contribution in [2.45, 2.75) is 0 Å². The van der Waals surface area contributed by atoms with E-state index < -0.39 is 0 Å². The summed E-state index contributed by atoms with van der Waals surface area (Å²) in [6.45, 7) is 0. The monoisotopic (exact) mass is 171 g/mol. The van der Waals surface area contributed by atoms with E-state index in [1.54, 1.807) is 0 Å². The molecule has 1 aromatic carbocycles. The maximum absolute atomic E-state index is 12.7. The van der Waals surface area contributed by atoms with Crippen molar-refractivity contribution in [3.63, 3.8) is 0 Å². The first-order valence-electron chi connectivity index (χ1n) is 3.40. The van der Waals surface area contributed by atoms with E-state index in [4.69, 9.17) is 4.74 Å². The molecule has 0 aliphatic heterocycles. The van der Waals surface area contributed by atoms with Crippen LogP contribution in [0.2, 0.25) is 0 Å². The molecule has 66 valence electrons. The zero-order valence-electron chi connectivity index (χ0n) is 6.93. The van der Waals surface area contributed by atoms with Crippen molar-refractivity contribution >= 4 is 5.69 Å². The second kappa shape index (κ2) is 3.92. The van der Waals surface area contributed by atoms with Gasteiger partial charge < -0.3 is 4.74 Å². The summed E-state index contributed by atoms with van der Waals surface area (Å²) >= 11 is 0. The second-order valence-corrected chi connectivity index (χ2v) is 2.15. The van der Waals surface area contributed by atoms with Crippen molar-refractivity contribution in [3.05, 3.63) is 24.0 Å². The van der Waals surface area contributed by atoms with Gasteiger partial charge in [0.1, 0.15) is 17.3 Å². The van der Waals surface area contributed by atoms with E-state index in [-0.39, 0.29) is 5.82 Å². The number of halogens is 1. The van der Waals surface area contributed by atoms with Crippen LogP contribution in [-0.2, 0) is 4.84 Å². The third-order valence-electron chi connectivity index (χ3n) is 1.37. The smallest absolute Gasteiger partial charge is 0.144 e. The van der Waals surface area contributed by atoms with Crippen LogP contribution in [0.4, 0.5) is 10.1 Å². The van der Waals surface area contributed by atoms with Gasteiger partial charge in [-0.25, -0.2) is 4.39 Å². The summed E-state index contributed by atoms with van der Waals surface area (Å²) in [4.78, 5) is 4.63. The molecule has 3 nitrogen and oxygen atoms in total. The highest BCUT2D eigenvalue weighted by Gasteiger charge is 2.02. The number of hydrogen-bond acceptors (Lipinski definition) is 3. The molecule has 0 saturated heterocycles. The molecule has 0 amide bonds. The maximum atomic E-state index is 12.7. The van der Waals surface area contributed by atoms with Crippen LogP contribution in [0.1, 0.15) is 0 Å². The van der Waals surface area contributed by atoms with Crippen molar-refractivity contribution in [2.24, 2.45) is 0 Å². The Balaban J connectivity index is 2.95. The van der Waals surface area contributed by atoms with Gasteiger partial charge in [0.25, 0.3) is 0 Å². The zero-order valence-corrected chi connectivity index (χ0v) is 6.93. The zero-order chi connectivity index (χ0) is 8.97. The van der Waals surface area contributed by atoms with Crippen molar-refractivity contribution in [3.8, 4) is 5.75 Å². The highest BCUT2D eigenvalue weighted by atomic mass is 19.1. The van der Waals surface area contributed by atoms with Crippen LogP contribution in [0.5, 0.6) is 5.75 Å². The Morgan fingerprint density at radius 2 is 2.08 bits per heavy atom. The number of anilines is 1. The standard InChI is InChI=1S/C8H10FNO2/c1-11-8-4-3-6(9)5-7(8)10-12-2/h3-5,10H,1-2H3. The molecule has 0 radical (unpaired) electrons. The number of benzene rings is 1. The average Bonchev–Trinajstić information content (AvgIpc) is 2.05. The van der Waals surface area contributed by atoms with Gasteiger partial charge in [0.15, 0.2) is 0 Å². The van der Waals surface area contributed by atoms with Gasteiger partial charge in [-0.3, -0.25) is 10.3 Å². The normalized spacial score (nSPS) is 9.58. The van der Waals surface area contributed by atoms with Crippen LogP contribution in [0.25, 0.3) is 0 Å². The summed E-state index contributed by atoms with van der Waals surface area (Å²) < 4.78 is 17.6. The van der Waals surface area contributed by atoms with Crippen molar-refractivity contribution < 1.29 is 14.0 Å². The lowest BCUT2D eigenvalue weighted by atomic mass is 10.3. The number of nitrogens with one attached hydrogen (secondary N) is 1. The number of rotatable bonds is 3. The molecule has 0 aromatic heterocycles. The molecule has 0 atom stereocenters. The van der Waals surface area contributed by atoms with E-state index in [2.05, 4.69) is 10.3 Å². The van der Waals surface area contributed by atoms with Gasteiger partial charge >= 0.3 is 0 Å². The first-order chi connectivity index (χ1) is 5.77. The topological polar surface area (TPSA) is 30.5 Å². The lowest BCUT2D eigenvalue weighted by Crippen LogP contribution is -1.98. The minimum absolute atomic E-state index is 0.338. The summed E-state index contributed by atoms with van der Waals surface area (Å²) in [5.74, 6) is 0.202. The first kappa shape index (κ1) is 8.80. The maximum Gasteiger partial charge on any atom is 0.144 e. The van der Waals surface area contributed by atoms with Crippen LogP contribution in [0, 0.1) is 5.82 Å². The Kier molecular flexibility index (Phi) is 2.88.